The summed E-state index contributed by atoms with van der Waals surface area (Å²) in [6, 6.07) is 7.96. The maximum Gasteiger partial charge on any atom is 0.244 e. The largest absolute Gasteiger partial charge is 0.324 e. The van der Waals surface area contributed by atoms with E-state index >= 15 is 0 Å². The van der Waals surface area contributed by atoms with Gasteiger partial charge in [0, 0.05) is 17.8 Å². The van der Waals surface area contributed by atoms with Crippen molar-refractivity contribution >= 4 is 22.6 Å². The third-order valence-electron chi connectivity index (χ3n) is 4.17. The van der Waals surface area contributed by atoms with Crippen molar-refractivity contribution in [3.8, 4) is 0 Å². The first-order chi connectivity index (χ1) is 11.9. The standard InChI is InChI=1S/C19H19F2N3O/c1-11(2)13-6-4-5-12(3)19(13)23-18(25)9-24-10-22-16-7-14(20)15(21)8-17(16)24/h4-8,10-11H,9H2,1-3H3,(H,23,25). The molecule has 0 spiro atoms. The number of rotatable bonds is 4. The lowest BCUT2D eigenvalue weighted by Gasteiger charge is -2.16. The summed E-state index contributed by atoms with van der Waals surface area (Å²) in [4.78, 5) is 16.5. The first kappa shape index (κ1) is 17.1. The first-order valence-corrected chi connectivity index (χ1v) is 8.06. The highest BCUT2D eigenvalue weighted by Gasteiger charge is 2.14. The average molecular weight is 343 g/mol. The molecular weight excluding hydrogens is 324 g/mol. The highest BCUT2D eigenvalue weighted by atomic mass is 19.2. The topological polar surface area (TPSA) is 46.9 Å². The van der Waals surface area contributed by atoms with Crippen LogP contribution in [0.15, 0.2) is 36.7 Å². The molecule has 25 heavy (non-hydrogen) atoms. The number of carbonyl (C=O) groups is 1. The zero-order valence-corrected chi connectivity index (χ0v) is 14.3. The number of aromatic nitrogens is 2. The van der Waals surface area contributed by atoms with Crippen LogP contribution in [-0.4, -0.2) is 15.5 Å². The van der Waals surface area contributed by atoms with Crippen LogP contribution in [0.5, 0.6) is 0 Å². The lowest BCUT2D eigenvalue weighted by Crippen LogP contribution is -2.20. The van der Waals surface area contributed by atoms with E-state index in [-0.39, 0.29) is 18.4 Å². The molecule has 6 heteroatoms. The van der Waals surface area contributed by atoms with Crippen molar-refractivity contribution in [1.82, 2.24) is 9.55 Å². The van der Waals surface area contributed by atoms with E-state index in [2.05, 4.69) is 24.1 Å². The van der Waals surface area contributed by atoms with Crippen molar-refractivity contribution in [3.05, 3.63) is 59.4 Å². The summed E-state index contributed by atoms with van der Waals surface area (Å²) in [7, 11) is 0. The Morgan fingerprint density at radius 1 is 1.24 bits per heavy atom. The van der Waals surface area contributed by atoms with Gasteiger partial charge in [-0.3, -0.25) is 4.79 Å². The molecule has 1 amide bonds. The van der Waals surface area contributed by atoms with E-state index in [4.69, 9.17) is 0 Å². The lowest BCUT2D eigenvalue weighted by atomic mass is 9.98. The number of hydrogen-bond acceptors (Lipinski definition) is 2. The van der Waals surface area contributed by atoms with Crippen molar-refractivity contribution in [1.29, 1.82) is 0 Å². The van der Waals surface area contributed by atoms with E-state index in [9.17, 15) is 13.6 Å². The number of benzene rings is 2. The molecule has 4 nitrogen and oxygen atoms in total. The molecule has 3 aromatic rings. The fourth-order valence-corrected chi connectivity index (χ4v) is 2.86. The highest BCUT2D eigenvalue weighted by Crippen LogP contribution is 2.27. The average Bonchev–Trinajstić information content (AvgIpc) is 2.91. The summed E-state index contributed by atoms with van der Waals surface area (Å²) in [6.45, 7) is 6.02. The van der Waals surface area contributed by atoms with Crippen LogP contribution in [0.3, 0.4) is 0 Å². The molecule has 0 aliphatic heterocycles. The quantitative estimate of drug-likeness (QED) is 0.764. The number of halogens is 2. The third kappa shape index (κ3) is 3.38. The molecule has 1 aromatic heterocycles. The molecule has 0 aliphatic rings. The Morgan fingerprint density at radius 2 is 1.96 bits per heavy atom. The molecule has 1 heterocycles. The Hall–Kier alpha value is -2.76. The van der Waals surface area contributed by atoms with E-state index in [1.807, 2.05) is 25.1 Å². The maximum absolute atomic E-state index is 13.5. The molecule has 0 bridgehead atoms. The Balaban J connectivity index is 1.86. The molecule has 0 saturated carbocycles. The Bertz CT molecular complexity index is 947. The van der Waals surface area contributed by atoms with Gasteiger partial charge in [-0.25, -0.2) is 13.8 Å². The number of aryl methyl sites for hydroxylation is 1. The minimum atomic E-state index is -0.962. The van der Waals surface area contributed by atoms with Crippen molar-refractivity contribution in [2.45, 2.75) is 33.2 Å². The summed E-state index contributed by atoms with van der Waals surface area (Å²) in [5, 5.41) is 2.93. The van der Waals surface area contributed by atoms with Gasteiger partial charge in [0.25, 0.3) is 0 Å². The number of carbonyl (C=O) groups excluding carboxylic acids is 1. The van der Waals surface area contributed by atoms with Gasteiger partial charge in [0.2, 0.25) is 5.91 Å². The molecule has 1 N–H and O–H groups in total. The second-order valence-corrected chi connectivity index (χ2v) is 6.37. The van der Waals surface area contributed by atoms with E-state index < -0.39 is 11.6 Å². The van der Waals surface area contributed by atoms with Gasteiger partial charge in [0.1, 0.15) is 6.54 Å². The van der Waals surface area contributed by atoms with Crippen LogP contribution < -0.4 is 5.32 Å². The molecule has 0 unspecified atom stereocenters. The van der Waals surface area contributed by atoms with E-state index in [0.29, 0.717) is 11.0 Å². The molecule has 0 radical (unpaired) electrons. The zero-order chi connectivity index (χ0) is 18.1. The number of anilines is 1. The normalized spacial score (nSPS) is 11.3. The molecule has 130 valence electrons. The van der Waals surface area contributed by atoms with Crippen LogP contribution in [0.2, 0.25) is 0 Å². The maximum atomic E-state index is 13.5. The van der Waals surface area contributed by atoms with Gasteiger partial charge in [0.05, 0.1) is 17.4 Å². The van der Waals surface area contributed by atoms with Crippen molar-refractivity contribution in [2.24, 2.45) is 0 Å². The van der Waals surface area contributed by atoms with Crippen LogP contribution >= 0.6 is 0 Å². The second-order valence-electron chi connectivity index (χ2n) is 6.37. The van der Waals surface area contributed by atoms with Gasteiger partial charge in [0.15, 0.2) is 11.6 Å². The zero-order valence-electron chi connectivity index (χ0n) is 14.3. The fourth-order valence-electron chi connectivity index (χ4n) is 2.86. The van der Waals surface area contributed by atoms with Gasteiger partial charge in [-0.2, -0.15) is 0 Å². The molecule has 2 aromatic carbocycles. The summed E-state index contributed by atoms with van der Waals surface area (Å²) < 4.78 is 28.2. The molecule has 0 aliphatic carbocycles. The predicted octanol–water partition coefficient (Wildman–Crippen LogP) is 4.39. The summed E-state index contributed by atoms with van der Waals surface area (Å²) in [5.41, 5.74) is 3.51. The number of para-hydroxylation sites is 1. The molecule has 3 rings (SSSR count). The van der Waals surface area contributed by atoms with Crippen LogP contribution in [-0.2, 0) is 11.3 Å². The van der Waals surface area contributed by atoms with Crippen LogP contribution in [0, 0.1) is 18.6 Å². The molecular formula is C19H19F2N3O. The van der Waals surface area contributed by atoms with Crippen LogP contribution in [0.1, 0.15) is 30.9 Å². The molecule has 0 saturated heterocycles. The predicted molar refractivity (Wildman–Crippen MR) is 93.5 cm³/mol. The Morgan fingerprint density at radius 3 is 2.68 bits per heavy atom. The van der Waals surface area contributed by atoms with E-state index in [1.54, 1.807) is 0 Å². The van der Waals surface area contributed by atoms with Gasteiger partial charge in [-0.15, -0.1) is 0 Å². The van der Waals surface area contributed by atoms with Crippen LogP contribution in [0.25, 0.3) is 11.0 Å². The SMILES string of the molecule is Cc1cccc(C(C)C)c1NC(=O)Cn1cnc2cc(F)c(F)cc21. The van der Waals surface area contributed by atoms with Gasteiger partial charge in [-0.1, -0.05) is 32.0 Å². The molecule has 0 fully saturated rings. The number of nitrogens with one attached hydrogen (secondary N) is 1. The molecule has 0 atom stereocenters. The van der Waals surface area contributed by atoms with Crippen molar-refractivity contribution < 1.29 is 13.6 Å². The number of fused-ring (bicyclic) bond motifs is 1. The van der Waals surface area contributed by atoms with Gasteiger partial charge < -0.3 is 9.88 Å². The second kappa shape index (κ2) is 6.63. The highest BCUT2D eigenvalue weighted by molar-refractivity contribution is 5.93. The third-order valence-corrected chi connectivity index (χ3v) is 4.17. The Labute approximate surface area is 144 Å². The van der Waals surface area contributed by atoms with Gasteiger partial charge >= 0.3 is 0 Å². The summed E-state index contributed by atoms with van der Waals surface area (Å²) in [5.74, 6) is -1.90. The number of nitrogens with zero attached hydrogens (tertiary/aromatic N) is 2. The van der Waals surface area contributed by atoms with Crippen molar-refractivity contribution in [3.63, 3.8) is 0 Å². The smallest absolute Gasteiger partial charge is 0.244 e. The monoisotopic (exact) mass is 343 g/mol. The first-order valence-electron chi connectivity index (χ1n) is 8.06. The van der Waals surface area contributed by atoms with Crippen molar-refractivity contribution in [2.75, 3.05) is 5.32 Å². The number of imidazole rings is 1. The number of hydrogen-bond donors (Lipinski definition) is 1. The fraction of sp³-hybridized carbons (Fsp3) is 0.263. The van der Waals surface area contributed by atoms with E-state index in [1.165, 1.54) is 10.9 Å². The minimum Gasteiger partial charge on any atom is -0.324 e. The Kier molecular flexibility index (Phi) is 4.53. The van der Waals surface area contributed by atoms with Gasteiger partial charge in [-0.05, 0) is 24.0 Å². The number of amides is 1. The van der Waals surface area contributed by atoms with Crippen LogP contribution in [0.4, 0.5) is 14.5 Å². The summed E-state index contributed by atoms with van der Waals surface area (Å²) >= 11 is 0. The van der Waals surface area contributed by atoms with E-state index in [0.717, 1.165) is 28.9 Å². The lowest BCUT2D eigenvalue weighted by molar-refractivity contribution is -0.116. The summed E-state index contributed by atoms with van der Waals surface area (Å²) in [6.07, 6.45) is 1.41. The minimum absolute atomic E-state index is 0.0343.